The molecule has 5 nitrogen and oxygen atoms in total. The molecule has 0 aliphatic heterocycles. The van der Waals surface area contributed by atoms with E-state index in [1.54, 1.807) is 7.11 Å². The molecular weight excluding hydrogens is 162 g/mol. The molecule has 0 unspecified atom stereocenters. The summed E-state index contributed by atoms with van der Waals surface area (Å²) < 4.78 is 9.29. The van der Waals surface area contributed by atoms with Crippen LogP contribution in [0.2, 0.25) is 0 Å². The minimum absolute atomic E-state index is 0.104. The maximum absolute atomic E-state index is 10.5. The van der Waals surface area contributed by atoms with Crippen LogP contribution in [-0.2, 0) is 11.2 Å². The third-order valence-corrected chi connectivity index (χ3v) is 1.42. The van der Waals surface area contributed by atoms with Gasteiger partial charge in [0.1, 0.15) is 17.5 Å². The van der Waals surface area contributed by atoms with E-state index in [1.807, 2.05) is 0 Å². The van der Waals surface area contributed by atoms with Gasteiger partial charge >= 0.3 is 5.97 Å². The Kier molecular flexibility index (Phi) is 2.82. The maximum Gasteiger partial charge on any atom is 0.340 e. The van der Waals surface area contributed by atoms with E-state index < -0.39 is 5.97 Å². The lowest BCUT2D eigenvalue weighted by Gasteiger charge is -1.94. The van der Waals surface area contributed by atoms with Gasteiger partial charge in [-0.1, -0.05) is 5.16 Å². The molecule has 0 radical (unpaired) electrons. The molecule has 0 aliphatic carbocycles. The fraction of sp³-hybridized carbons (Fsp3) is 0.429. The zero-order valence-corrected chi connectivity index (χ0v) is 6.61. The fourth-order valence-electron chi connectivity index (χ4n) is 0.813. The molecule has 0 aromatic carbocycles. The van der Waals surface area contributed by atoms with E-state index in [-0.39, 0.29) is 5.56 Å². The number of carboxylic acid groups (broad SMARTS) is 1. The summed E-state index contributed by atoms with van der Waals surface area (Å²) in [7, 11) is 1.54. The van der Waals surface area contributed by atoms with Gasteiger partial charge in [-0.05, 0) is 0 Å². The number of methoxy groups -OCH3 is 1. The summed E-state index contributed by atoms with van der Waals surface area (Å²) in [6.45, 7) is 0.437. The molecule has 0 saturated heterocycles. The van der Waals surface area contributed by atoms with E-state index in [9.17, 15) is 4.79 Å². The largest absolute Gasteiger partial charge is 0.478 e. The van der Waals surface area contributed by atoms with Crippen LogP contribution in [0.5, 0.6) is 0 Å². The first-order chi connectivity index (χ1) is 5.75. The Labute approximate surface area is 68.9 Å². The third kappa shape index (κ3) is 1.82. The van der Waals surface area contributed by atoms with E-state index in [1.165, 1.54) is 0 Å². The zero-order valence-electron chi connectivity index (χ0n) is 6.61. The predicted molar refractivity (Wildman–Crippen MR) is 39.0 cm³/mol. The van der Waals surface area contributed by atoms with Gasteiger partial charge < -0.3 is 14.4 Å². The van der Waals surface area contributed by atoms with Gasteiger partial charge in [-0.25, -0.2) is 4.79 Å². The highest BCUT2D eigenvalue weighted by Gasteiger charge is 2.13. The van der Waals surface area contributed by atoms with Crippen LogP contribution in [0, 0.1) is 0 Å². The molecule has 12 heavy (non-hydrogen) atoms. The van der Waals surface area contributed by atoms with Crippen LogP contribution in [0.3, 0.4) is 0 Å². The molecule has 0 saturated carbocycles. The summed E-state index contributed by atoms with van der Waals surface area (Å²) in [5.41, 5.74) is 0.524. The van der Waals surface area contributed by atoms with Crippen LogP contribution in [0.1, 0.15) is 16.1 Å². The highest BCUT2D eigenvalue weighted by Crippen LogP contribution is 2.06. The number of rotatable bonds is 4. The first-order valence-corrected chi connectivity index (χ1v) is 3.41. The monoisotopic (exact) mass is 171 g/mol. The number of aromatic carboxylic acids is 1. The second-order valence-electron chi connectivity index (χ2n) is 2.22. The van der Waals surface area contributed by atoms with Crippen molar-refractivity contribution >= 4 is 5.97 Å². The molecule has 5 heteroatoms. The van der Waals surface area contributed by atoms with E-state index in [0.717, 1.165) is 6.26 Å². The minimum atomic E-state index is -1.03. The van der Waals surface area contributed by atoms with Crippen molar-refractivity contribution in [1.82, 2.24) is 5.16 Å². The van der Waals surface area contributed by atoms with Crippen molar-refractivity contribution in [3.8, 4) is 0 Å². The van der Waals surface area contributed by atoms with Gasteiger partial charge in [-0.15, -0.1) is 0 Å². The Bertz CT molecular complexity index is 268. The number of nitrogens with zero attached hydrogens (tertiary/aromatic N) is 1. The van der Waals surface area contributed by atoms with E-state index >= 15 is 0 Å². The Hall–Kier alpha value is -1.36. The molecule has 0 spiro atoms. The van der Waals surface area contributed by atoms with Crippen LogP contribution < -0.4 is 0 Å². The fourth-order valence-corrected chi connectivity index (χ4v) is 0.813. The van der Waals surface area contributed by atoms with Gasteiger partial charge in [-0.3, -0.25) is 0 Å². The molecule has 66 valence electrons. The molecule has 1 aromatic heterocycles. The van der Waals surface area contributed by atoms with E-state index in [2.05, 4.69) is 9.68 Å². The molecule has 0 fully saturated rings. The smallest absolute Gasteiger partial charge is 0.340 e. The topological polar surface area (TPSA) is 72.6 Å². The molecule has 0 aliphatic rings. The maximum atomic E-state index is 10.5. The highest BCUT2D eigenvalue weighted by atomic mass is 16.5. The summed E-state index contributed by atoms with van der Waals surface area (Å²) in [6.07, 6.45) is 1.57. The Morgan fingerprint density at radius 3 is 3.17 bits per heavy atom. The summed E-state index contributed by atoms with van der Waals surface area (Å²) >= 11 is 0. The minimum Gasteiger partial charge on any atom is -0.478 e. The third-order valence-electron chi connectivity index (χ3n) is 1.42. The average molecular weight is 171 g/mol. The molecular formula is C7H9NO4. The number of carbonyl (C=O) groups is 1. The van der Waals surface area contributed by atoms with Gasteiger partial charge in [0.2, 0.25) is 0 Å². The second kappa shape index (κ2) is 3.87. The number of carboxylic acids is 1. The van der Waals surface area contributed by atoms with Gasteiger partial charge in [0, 0.05) is 13.5 Å². The number of aromatic nitrogens is 1. The van der Waals surface area contributed by atoms with Gasteiger partial charge in [0.25, 0.3) is 0 Å². The van der Waals surface area contributed by atoms with E-state index in [0.29, 0.717) is 18.7 Å². The summed E-state index contributed by atoms with van der Waals surface area (Å²) in [6, 6.07) is 0. The van der Waals surface area contributed by atoms with Crippen molar-refractivity contribution in [2.75, 3.05) is 13.7 Å². The predicted octanol–water partition coefficient (Wildman–Crippen LogP) is 0.562. The van der Waals surface area contributed by atoms with E-state index in [4.69, 9.17) is 9.84 Å². The first kappa shape index (κ1) is 8.73. The number of hydrogen-bond donors (Lipinski definition) is 1. The lowest BCUT2D eigenvalue weighted by molar-refractivity contribution is 0.0694. The summed E-state index contributed by atoms with van der Waals surface area (Å²) in [5.74, 6) is -1.03. The molecule has 0 amide bonds. The lowest BCUT2D eigenvalue weighted by atomic mass is 10.2. The van der Waals surface area contributed by atoms with Gasteiger partial charge in [0.15, 0.2) is 0 Å². The molecule has 1 rings (SSSR count). The lowest BCUT2D eigenvalue weighted by Crippen LogP contribution is -2.03. The normalized spacial score (nSPS) is 10.1. The van der Waals surface area contributed by atoms with Gasteiger partial charge in [0.05, 0.1) is 6.61 Å². The van der Waals surface area contributed by atoms with Crippen molar-refractivity contribution in [3.05, 3.63) is 17.5 Å². The number of hydrogen-bond acceptors (Lipinski definition) is 4. The molecule has 0 bridgehead atoms. The Balaban J connectivity index is 2.70. The van der Waals surface area contributed by atoms with Crippen molar-refractivity contribution in [2.24, 2.45) is 0 Å². The van der Waals surface area contributed by atoms with Crippen LogP contribution in [0.4, 0.5) is 0 Å². The van der Waals surface area contributed by atoms with Crippen molar-refractivity contribution in [2.45, 2.75) is 6.42 Å². The summed E-state index contributed by atoms with van der Waals surface area (Å²) in [5, 5.41) is 12.2. The van der Waals surface area contributed by atoms with Crippen LogP contribution in [0.15, 0.2) is 10.8 Å². The van der Waals surface area contributed by atoms with Gasteiger partial charge in [-0.2, -0.15) is 0 Å². The Morgan fingerprint density at radius 1 is 1.83 bits per heavy atom. The standard InChI is InChI=1S/C7H9NO4/c1-11-3-2-6-5(7(9)10)4-12-8-6/h4H,2-3H2,1H3,(H,9,10). The molecule has 1 N–H and O–H groups in total. The SMILES string of the molecule is COCCc1nocc1C(=O)O. The van der Waals surface area contributed by atoms with Crippen LogP contribution in [0.25, 0.3) is 0 Å². The van der Waals surface area contributed by atoms with Crippen molar-refractivity contribution in [3.63, 3.8) is 0 Å². The quantitative estimate of drug-likeness (QED) is 0.716. The van der Waals surface area contributed by atoms with Crippen LogP contribution in [-0.4, -0.2) is 29.9 Å². The number of ether oxygens (including phenoxy) is 1. The summed E-state index contributed by atoms with van der Waals surface area (Å²) in [4.78, 5) is 10.5. The Morgan fingerprint density at radius 2 is 2.58 bits per heavy atom. The average Bonchev–Trinajstić information content (AvgIpc) is 2.48. The van der Waals surface area contributed by atoms with Crippen molar-refractivity contribution < 1.29 is 19.2 Å². The molecule has 1 aromatic rings. The highest BCUT2D eigenvalue weighted by molar-refractivity contribution is 5.88. The second-order valence-corrected chi connectivity index (χ2v) is 2.22. The first-order valence-electron chi connectivity index (χ1n) is 3.41. The van der Waals surface area contributed by atoms with Crippen molar-refractivity contribution in [1.29, 1.82) is 0 Å². The van der Waals surface area contributed by atoms with Crippen LogP contribution >= 0.6 is 0 Å². The molecule has 0 atom stereocenters. The molecule has 1 heterocycles. The zero-order chi connectivity index (χ0) is 8.97.